The van der Waals surface area contributed by atoms with Crippen LogP contribution >= 0.6 is 11.6 Å². The normalized spacial score (nSPS) is 15.0. The van der Waals surface area contributed by atoms with E-state index in [-0.39, 0.29) is 30.7 Å². The van der Waals surface area contributed by atoms with Crippen molar-refractivity contribution in [3.05, 3.63) is 88.9 Å². The molecule has 2 N–H and O–H groups in total. The molecule has 1 aliphatic heterocycles. The number of aryl methyl sites for hydroxylation is 1. The van der Waals surface area contributed by atoms with E-state index in [0.717, 1.165) is 12.0 Å². The first-order chi connectivity index (χ1) is 17.4. The average Bonchev–Trinajstić information content (AvgIpc) is 3.28. The molecule has 7 nitrogen and oxygen atoms in total. The van der Waals surface area contributed by atoms with Crippen LogP contribution in [0.4, 0.5) is 11.4 Å². The second kappa shape index (κ2) is 11.7. The number of nitrogens with one attached hydrogen (secondary N) is 2. The van der Waals surface area contributed by atoms with Crippen molar-refractivity contribution < 1.29 is 19.1 Å². The smallest absolute Gasteiger partial charge is 0.262 e. The number of carbonyl (C=O) groups excluding carboxylic acids is 3. The third-order valence-corrected chi connectivity index (χ3v) is 6.26. The van der Waals surface area contributed by atoms with Gasteiger partial charge in [0, 0.05) is 35.9 Å². The fourth-order valence-electron chi connectivity index (χ4n) is 3.99. The van der Waals surface area contributed by atoms with Gasteiger partial charge in [-0.25, -0.2) is 0 Å². The number of amides is 3. The van der Waals surface area contributed by atoms with Gasteiger partial charge in [-0.2, -0.15) is 0 Å². The maximum atomic E-state index is 12.7. The van der Waals surface area contributed by atoms with Gasteiger partial charge >= 0.3 is 0 Å². The van der Waals surface area contributed by atoms with Crippen LogP contribution in [0.1, 0.15) is 24.5 Å². The topological polar surface area (TPSA) is 87.7 Å². The lowest BCUT2D eigenvalue weighted by atomic mass is 10.1. The Morgan fingerprint density at radius 1 is 1.03 bits per heavy atom. The van der Waals surface area contributed by atoms with Gasteiger partial charge in [0.2, 0.25) is 11.8 Å². The lowest BCUT2D eigenvalue weighted by Gasteiger charge is -2.17. The first-order valence-corrected chi connectivity index (χ1v) is 12.2. The Bertz CT molecular complexity index is 1230. The Morgan fingerprint density at radius 3 is 2.44 bits per heavy atom. The van der Waals surface area contributed by atoms with E-state index >= 15 is 0 Å². The molecule has 3 aromatic rings. The van der Waals surface area contributed by atoms with E-state index in [1.54, 1.807) is 53.4 Å². The summed E-state index contributed by atoms with van der Waals surface area (Å²) in [6.07, 6.45) is 1.14. The first-order valence-electron chi connectivity index (χ1n) is 11.9. The quantitative estimate of drug-likeness (QED) is 0.445. The van der Waals surface area contributed by atoms with Crippen LogP contribution in [0.3, 0.4) is 0 Å². The molecule has 8 heteroatoms. The lowest BCUT2D eigenvalue weighted by molar-refractivity contribution is -0.126. The number of carbonyl (C=O) groups is 3. The fraction of sp³-hybridized carbons (Fsp3) is 0.250. The molecule has 1 heterocycles. The Kier molecular flexibility index (Phi) is 8.23. The summed E-state index contributed by atoms with van der Waals surface area (Å²) in [6.45, 7) is 2.69. The van der Waals surface area contributed by atoms with Gasteiger partial charge in [0.05, 0.1) is 5.92 Å². The Morgan fingerprint density at radius 2 is 1.75 bits per heavy atom. The summed E-state index contributed by atoms with van der Waals surface area (Å²) < 4.78 is 5.55. The van der Waals surface area contributed by atoms with Crippen LogP contribution in [-0.4, -0.2) is 30.9 Å². The lowest BCUT2D eigenvalue weighted by Crippen LogP contribution is -2.32. The van der Waals surface area contributed by atoms with Gasteiger partial charge in [0.15, 0.2) is 6.61 Å². The van der Waals surface area contributed by atoms with Crippen LogP contribution < -0.4 is 20.3 Å². The molecule has 4 rings (SSSR count). The molecular formula is C28H28ClN3O4. The first kappa shape index (κ1) is 25.3. The second-order valence-electron chi connectivity index (χ2n) is 8.63. The van der Waals surface area contributed by atoms with Crippen molar-refractivity contribution >= 4 is 40.7 Å². The van der Waals surface area contributed by atoms with Crippen LogP contribution in [0.2, 0.25) is 5.02 Å². The van der Waals surface area contributed by atoms with Crippen LogP contribution in [-0.2, 0) is 27.3 Å². The third kappa shape index (κ3) is 6.64. The van der Waals surface area contributed by atoms with Crippen LogP contribution in [0.5, 0.6) is 5.75 Å². The van der Waals surface area contributed by atoms with Crippen molar-refractivity contribution in [3.8, 4) is 5.75 Å². The highest BCUT2D eigenvalue weighted by atomic mass is 35.5. The van der Waals surface area contributed by atoms with Gasteiger partial charge in [-0.15, -0.1) is 0 Å². The minimum atomic E-state index is -0.404. The maximum absolute atomic E-state index is 12.7. The van der Waals surface area contributed by atoms with E-state index in [4.69, 9.17) is 16.3 Å². The zero-order valence-electron chi connectivity index (χ0n) is 20.0. The summed E-state index contributed by atoms with van der Waals surface area (Å²) in [5.41, 5.74) is 3.55. The molecule has 0 saturated carbocycles. The molecule has 3 amide bonds. The standard InChI is InChI=1S/C28H28ClN3O4/c1-2-19-6-8-20(9-7-19)16-30-28(35)21-14-27(34)32(17-21)24-10-12-25(13-11-24)36-18-26(33)31-23-5-3-4-22(29)15-23/h3-13,15,21H,2,14,16-18H2,1H3,(H,30,35)(H,31,33)/t21-/m0/s1. The Hall–Kier alpha value is -3.84. The van der Waals surface area contributed by atoms with Crippen LogP contribution in [0.25, 0.3) is 0 Å². The minimum absolute atomic E-state index is 0.1000. The molecule has 0 radical (unpaired) electrons. The summed E-state index contributed by atoms with van der Waals surface area (Å²) in [7, 11) is 0. The van der Waals surface area contributed by atoms with E-state index in [2.05, 4.69) is 29.7 Å². The molecule has 0 aliphatic carbocycles. The molecule has 0 unspecified atom stereocenters. The summed E-state index contributed by atoms with van der Waals surface area (Å²) in [4.78, 5) is 39.0. The maximum Gasteiger partial charge on any atom is 0.262 e. The molecule has 0 bridgehead atoms. The van der Waals surface area contributed by atoms with Gasteiger partial charge in [-0.05, 0) is 60.0 Å². The summed E-state index contributed by atoms with van der Waals surface area (Å²) >= 11 is 5.92. The van der Waals surface area contributed by atoms with Gasteiger partial charge in [0.25, 0.3) is 5.91 Å². The number of benzene rings is 3. The SMILES string of the molecule is CCc1ccc(CNC(=O)[C@H]2CC(=O)N(c3ccc(OCC(=O)Nc4cccc(Cl)c4)cc3)C2)cc1. The van der Waals surface area contributed by atoms with Gasteiger partial charge < -0.3 is 20.3 Å². The molecule has 1 fully saturated rings. The number of hydrogen-bond acceptors (Lipinski definition) is 4. The zero-order valence-corrected chi connectivity index (χ0v) is 20.8. The van der Waals surface area contributed by atoms with Crippen molar-refractivity contribution in [2.45, 2.75) is 26.3 Å². The Balaban J connectivity index is 1.26. The second-order valence-corrected chi connectivity index (χ2v) is 9.07. The average molecular weight is 506 g/mol. The highest BCUT2D eigenvalue weighted by Gasteiger charge is 2.35. The van der Waals surface area contributed by atoms with E-state index in [9.17, 15) is 14.4 Å². The minimum Gasteiger partial charge on any atom is -0.484 e. The number of nitrogens with zero attached hydrogens (tertiary/aromatic N) is 1. The number of hydrogen-bond donors (Lipinski definition) is 2. The molecule has 1 saturated heterocycles. The highest BCUT2D eigenvalue weighted by Crippen LogP contribution is 2.27. The molecule has 0 spiro atoms. The molecular weight excluding hydrogens is 478 g/mol. The van der Waals surface area contributed by atoms with E-state index in [1.807, 2.05) is 12.1 Å². The van der Waals surface area contributed by atoms with Gasteiger partial charge in [0.1, 0.15) is 5.75 Å². The van der Waals surface area contributed by atoms with E-state index < -0.39 is 5.92 Å². The molecule has 186 valence electrons. The number of halogens is 1. The predicted octanol–water partition coefficient (Wildman–Crippen LogP) is 4.59. The molecule has 3 aromatic carbocycles. The van der Waals surface area contributed by atoms with E-state index in [1.165, 1.54) is 5.56 Å². The highest BCUT2D eigenvalue weighted by molar-refractivity contribution is 6.30. The zero-order chi connectivity index (χ0) is 25.5. The van der Waals surface area contributed by atoms with Crippen molar-refractivity contribution in [2.24, 2.45) is 5.92 Å². The van der Waals surface area contributed by atoms with Crippen molar-refractivity contribution in [3.63, 3.8) is 0 Å². The number of ether oxygens (including phenoxy) is 1. The molecule has 36 heavy (non-hydrogen) atoms. The summed E-state index contributed by atoms with van der Waals surface area (Å²) in [5, 5.41) is 6.19. The Labute approximate surface area is 215 Å². The van der Waals surface area contributed by atoms with Crippen molar-refractivity contribution in [2.75, 3.05) is 23.4 Å². The largest absolute Gasteiger partial charge is 0.484 e. The summed E-state index contributed by atoms with van der Waals surface area (Å²) in [5.74, 6) is -0.451. The molecule has 0 aromatic heterocycles. The van der Waals surface area contributed by atoms with Crippen molar-refractivity contribution in [1.82, 2.24) is 5.32 Å². The molecule has 1 atom stereocenters. The van der Waals surface area contributed by atoms with Gasteiger partial charge in [-0.3, -0.25) is 14.4 Å². The van der Waals surface area contributed by atoms with E-state index in [0.29, 0.717) is 35.2 Å². The van der Waals surface area contributed by atoms with Crippen molar-refractivity contribution in [1.29, 1.82) is 0 Å². The monoisotopic (exact) mass is 505 g/mol. The van der Waals surface area contributed by atoms with Crippen LogP contribution in [0, 0.1) is 5.92 Å². The number of anilines is 2. The third-order valence-electron chi connectivity index (χ3n) is 6.02. The number of rotatable bonds is 9. The molecule has 1 aliphatic rings. The van der Waals surface area contributed by atoms with Gasteiger partial charge in [-0.1, -0.05) is 48.9 Å². The predicted molar refractivity (Wildman–Crippen MR) is 140 cm³/mol. The summed E-state index contributed by atoms with van der Waals surface area (Å²) in [6, 6.07) is 21.9. The fourth-order valence-corrected chi connectivity index (χ4v) is 4.18. The van der Waals surface area contributed by atoms with Crippen LogP contribution in [0.15, 0.2) is 72.8 Å².